The second-order valence-corrected chi connectivity index (χ2v) is 7.05. The molecule has 2 aliphatic rings. The first-order valence-corrected chi connectivity index (χ1v) is 8.29. The summed E-state index contributed by atoms with van der Waals surface area (Å²) in [7, 11) is 0. The van der Waals surface area contributed by atoms with Gasteiger partial charge in [0.15, 0.2) is 0 Å². The topological polar surface area (TPSA) is 48.4 Å². The summed E-state index contributed by atoms with van der Waals surface area (Å²) in [5, 5.41) is 0. The van der Waals surface area contributed by atoms with Crippen molar-refractivity contribution in [1.29, 1.82) is 0 Å². The summed E-state index contributed by atoms with van der Waals surface area (Å²) in [6, 6.07) is 4.03. The Morgan fingerprint density at radius 2 is 2.26 bits per heavy atom. The average Bonchev–Trinajstić information content (AvgIpc) is 2.52. The number of nitrogens with zero attached hydrogens (tertiary/aromatic N) is 1. The highest BCUT2D eigenvalue weighted by Crippen LogP contribution is 2.56. The van der Waals surface area contributed by atoms with Gasteiger partial charge in [0.25, 0.3) is 0 Å². The molecule has 4 heteroatoms. The van der Waals surface area contributed by atoms with E-state index in [0.717, 1.165) is 5.56 Å². The van der Waals surface area contributed by atoms with Crippen LogP contribution < -0.4 is 0 Å². The average molecular weight is 315 g/mol. The Bertz CT molecular complexity index is 612. The number of esters is 1. The fraction of sp³-hybridized carbons (Fsp3) is 0.579. The van der Waals surface area contributed by atoms with E-state index >= 15 is 0 Å². The van der Waals surface area contributed by atoms with Crippen LogP contribution in [0.3, 0.4) is 0 Å². The Morgan fingerprint density at radius 1 is 1.48 bits per heavy atom. The van der Waals surface area contributed by atoms with E-state index in [9.17, 15) is 4.79 Å². The minimum absolute atomic E-state index is 0.0212. The third-order valence-corrected chi connectivity index (χ3v) is 5.81. The van der Waals surface area contributed by atoms with Crippen molar-refractivity contribution in [2.75, 3.05) is 13.2 Å². The van der Waals surface area contributed by atoms with Crippen LogP contribution in [0.5, 0.6) is 0 Å². The quantitative estimate of drug-likeness (QED) is 0.632. The lowest BCUT2D eigenvalue weighted by molar-refractivity contribution is -0.180. The van der Waals surface area contributed by atoms with E-state index in [1.165, 1.54) is 12.5 Å². The molecule has 1 aromatic rings. The number of aromatic nitrogens is 1. The summed E-state index contributed by atoms with van der Waals surface area (Å²) in [6.45, 7) is 9.15. The Morgan fingerprint density at radius 3 is 2.91 bits per heavy atom. The lowest BCUT2D eigenvalue weighted by atomic mass is 9.56. The van der Waals surface area contributed by atoms with E-state index in [1.807, 2.05) is 12.3 Å². The number of carbonyl (C=O) groups excluding carboxylic acids is 1. The summed E-state index contributed by atoms with van der Waals surface area (Å²) in [6.07, 6.45) is 6.03. The molecule has 4 nitrogen and oxygen atoms in total. The number of allylic oxidation sites excluding steroid dienone is 1. The molecule has 0 N–H and O–H groups in total. The van der Waals surface area contributed by atoms with Crippen molar-refractivity contribution in [3.8, 4) is 0 Å². The Hall–Kier alpha value is -1.68. The van der Waals surface area contributed by atoms with Gasteiger partial charge in [-0.1, -0.05) is 31.6 Å². The molecule has 1 aliphatic heterocycles. The third-order valence-electron chi connectivity index (χ3n) is 5.81. The Labute approximate surface area is 137 Å². The van der Waals surface area contributed by atoms with Gasteiger partial charge in [0, 0.05) is 30.7 Å². The van der Waals surface area contributed by atoms with E-state index in [0.29, 0.717) is 31.0 Å². The van der Waals surface area contributed by atoms with Crippen LogP contribution in [-0.2, 0) is 14.3 Å². The lowest BCUT2D eigenvalue weighted by Crippen LogP contribution is -2.54. The zero-order valence-corrected chi connectivity index (χ0v) is 14.3. The van der Waals surface area contributed by atoms with E-state index < -0.39 is 0 Å². The summed E-state index contributed by atoms with van der Waals surface area (Å²) in [4.78, 5) is 15.6. The maximum Gasteiger partial charge on any atom is 0.302 e. The molecule has 0 unspecified atom stereocenters. The predicted octanol–water partition coefficient (Wildman–Crippen LogP) is 3.55. The lowest BCUT2D eigenvalue weighted by Gasteiger charge is -2.55. The number of rotatable bonds is 3. The van der Waals surface area contributed by atoms with E-state index in [1.54, 1.807) is 6.20 Å². The van der Waals surface area contributed by atoms with Crippen molar-refractivity contribution in [1.82, 2.24) is 4.98 Å². The van der Waals surface area contributed by atoms with Crippen molar-refractivity contribution in [2.24, 2.45) is 23.2 Å². The molecule has 3 rings (SSSR count). The van der Waals surface area contributed by atoms with Crippen molar-refractivity contribution >= 4 is 5.97 Å². The van der Waals surface area contributed by atoms with Crippen LogP contribution in [0.4, 0.5) is 0 Å². The van der Waals surface area contributed by atoms with Gasteiger partial charge in [-0.15, -0.1) is 0 Å². The standard InChI is InChI=1S/C19H25NO3/c1-12-8-13(2)19(10-22-15(4)21)11-23-18(17(12)14(19)3)16-6-5-7-20-9-16/h5-9,13-14,17-18H,10-11H2,1-4H3/t13-,14-,17-,18+,19+/m1/s1. The first-order valence-electron chi connectivity index (χ1n) is 8.29. The molecule has 23 heavy (non-hydrogen) atoms. The largest absolute Gasteiger partial charge is 0.465 e. The highest BCUT2D eigenvalue weighted by Gasteiger charge is 2.54. The molecule has 0 saturated carbocycles. The van der Waals surface area contributed by atoms with Crippen molar-refractivity contribution in [3.05, 3.63) is 41.7 Å². The van der Waals surface area contributed by atoms with Gasteiger partial charge >= 0.3 is 5.97 Å². The predicted molar refractivity (Wildman–Crippen MR) is 87.6 cm³/mol. The summed E-state index contributed by atoms with van der Waals surface area (Å²) < 4.78 is 11.7. The molecule has 0 radical (unpaired) electrons. The number of pyridine rings is 1. The van der Waals surface area contributed by atoms with E-state index in [2.05, 4.69) is 37.9 Å². The molecule has 0 amide bonds. The van der Waals surface area contributed by atoms with Crippen LogP contribution in [0.2, 0.25) is 0 Å². The minimum Gasteiger partial charge on any atom is -0.465 e. The molecule has 1 saturated heterocycles. The van der Waals surface area contributed by atoms with Crippen LogP contribution in [0.1, 0.15) is 39.4 Å². The van der Waals surface area contributed by atoms with Gasteiger partial charge in [-0.3, -0.25) is 9.78 Å². The van der Waals surface area contributed by atoms with Crippen molar-refractivity contribution < 1.29 is 14.3 Å². The molecular weight excluding hydrogens is 290 g/mol. The zero-order chi connectivity index (χ0) is 16.6. The molecule has 5 atom stereocenters. The highest BCUT2D eigenvalue weighted by atomic mass is 16.5. The smallest absolute Gasteiger partial charge is 0.302 e. The maximum atomic E-state index is 11.3. The monoisotopic (exact) mass is 315 g/mol. The SMILES string of the molecule is CC(=O)OC[C@]12CO[C@@H](c3cccnc3)[C@H](C(C)=C[C@H]1C)[C@H]2C. The Balaban J connectivity index is 1.95. The van der Waals surface area contributed by atoms with Gasteiger partial charge in [0.1, 0.15) is 0 Å². The van der Waals surface area contributed by atoms with E-state index in [4.69, 9.17) is 9.47 Å². The molecular formula is C19H25NO3. The highest BCUT2D eigenvalue weighted by molar-refractivity contribution is 5.66. The van der Waals surface area contributed by atoms with Gasteiger partial charge in [-0.2, -0.15) is 0 Å². The van der Waals surface area contributed by atoms with Crippen LogP contribution in [0.15, 0.2) is 36.2 Å². The van der Waals surface area contributed by atoms with Crippen LogP contribution in [-0.4, -0.2) is 24.2 Å². The van der Waals surface area contributed by atoms with Crippen molar-refractivity contribution in [2.45, 2.75) is 33.8 Å². The Kier molecular flexibility index (Phi) is 4.28. The fourth-order valence-corrected chi connectivity index (χ4v) is 4.34. The molecule has 1 aliphatic carbocycles. The molecule has 0 spiro atoms. The van der Waals surface area contributed by atoms with Gasteiger partial charge in [-0.05, 0) is 30.4 Å². The fourth-order valence-electron chi connectivity index (χ4n) is 4.34. The van der Waals surface area contributed by atoms with Gasteiger partial charge in [0.2, 0.25) is 0 Å². The number of fused-ring (bicyclic) bond motifs is 2. The number of hydrogen-bond donors (Lipinski definition) is 0. The first kappa shape index (κ1) is 16.2. The number of hydrogen-bond acceptors (Lipinski definition) is 4. The van der Waals surface area contributed by atoms with Gasteiger partial charge in [-0.25, -0.2) is 0 Å². The molecule has 124 valence electrons. The number of carbonyl (C=O) groups is 1. The number of ether oxygens (including phenoxy) is 2. The molecule has 1 fully saturated rings. The zero-order valence-electron chi connectivity index (χ0n) is 14.3. The molecule has 2 heterocycles. The summed E-state index contributed by atoms with van der Waals surface area (Å²) >= 11 is 0. The molecule has 2 bridgehead atoms. The molecule has 1 aromatic heterocycles. The van der Waals surface area contributed by atoms with Gasteiger partial charge in [0.05, 0.1) is 19.3 Å². The van der Waals surface area contributed by atoms with Crippen LogP contribution >= 0.6 is 0 Å². The van der Waals surface area contributed by atoms with E-state index in [-0.39, 0.29) is 17.5 Å². The van der Waals surface area contributed by atoms with Crippen LogP contribution in [0, 0.1) is 23.2 Å². The third kappa shape index (κ3) is 2.69. The second-order valence-electron chi connectivity index (χ2n) is 7.05. The maximum absolute atomic E-state index is 11.3. The normalized spacial score (nSPS) is 36.3. The second kappa shape index (κ2) is 6.08. The summed E-state index contributed by atoms with van der Waals surface area (Å²) in [5.74, 6) is 0.763. The minimum atomic E-state index is -0.226. The van der Waals surface area contributed by atoms with Gasteiger partial charge < -0.3 is 9.47 Å². The molecule has 0 aromatic carbocycles. The summed E-state index contributed by atoms with van der Waals surface area (Å²) in [5.41, 5.74) is 2.33. The first-order chi connectivity index (χ1) is 11.0. The van der Waals surface area contributed by atoms with Crippen LogP contribution in [0.25, 0.3) is 0 Å². The van der Waals surface area contributed by atoms with Crippen molar-refractivity contribution in [3.63, 3.8) is 0 Å².